The van der Waals surface area contributed by atoms with Gasteiger partial charge in [0.05, 0.1) is 10.8 Å². The number of carbonyl (C=O) groups is 3. The van der Waals surface area contributed by atoms with Gasteiger partial charge in [-0.3, -0.25) is 14.4 Å². The number of thiophene rings is 1. The number of hydrogen-bond acceptors (Lipinski definition) is 5. The summed E-state index contributed by atoms with van der Waals surface area (Å²) in [6.45, 7) is 5.18. The lowest BCUT2D eigenvalue weighted by Gasteiger charge is -2.31. The van der Waals surface area contributed by atoms with Crippen LogP contribution in [0, 0.1) is 5.92 Å². The van der Waals surface area contributed by atoms with Crippen molar-refractivity contribution in [3.63, 3.8) is 0 Å². The summed E-state index contributed by atoms with van der Waals surface area (Å²) in [5.74, 6) is -0.851. The lowest BCUT2D eigenvalue weighted by Crippen LogP contribution is -2.42. The average Bonchev–Trinajstić information content (AvgIpc) is 3.13. The van der Waals surface area contributed by atoms with E-state index >= 15 is 0 Å². The number of esters is 1. The van der Waals surface area contributed by atoms with E-state index in [1.807, 2.05) is 24.4 Å². The van der Waals surface area contributed by atoms with Crippen LogP contribution in [-0.2, 0) is 14.3 Å². The number of carbonyl (C=O) groups excluding carboxylic acids is 3. The highest BCUT2D eigenvalue weighted by Gasteiger charge is 2.30. The third-order valence-electron chi connectivity index (χ3n) is 4.06. The van der Waals surface area contributed by atoms with E-state index in [1.165, 1.54) is 11.3 Å². The lowest BCUT2D eigenvalue weighted by molar-refractivity contribution is -0.160. The second kappa shape index (κ2) is 8.82. The average molecular weight is 352 g/mol. The fourth-order valence-corrected chi connectivity index (χ4v) is 3.28. The Morgan fingerprint density at radius 3 is 2.67 bits per heavy atom. The maximum absolute atomic E-state index is 12.3. The molecule has 1 N–H and O–H groups in total. The molecule has 1 fully saturated rings. The largest absolute Gasteiger partial charge is 0.452 e. The van der Waals surface area contributed by atoms with E-state index in [0.29, 0.717) is 32.5 Å². The summed E-state index contributed by atoms with van der Waals surface area (Å²) in [4.78, 5) is 38.7. The molecular weight excluding hydrogens is 328 g/mol. The highest BCUT2D eigenvalue weighted by molar-refractivity contribution is 7.12. The van der Waals surface area contributed by atoms with Crippen molar-refractivity contribution in [2.45, 2.75) is 39.2 Å². The van der Waals surface area contributed by atoms with Gasteiger partial charge in [0.25, 0.3) is 11.8 Å². The third-order valence-corrected chi connectivity index (χ3v) is 4.92. The van der Waals surface area contributed by atoms with Crippen LogP contribution in [0.5, 0.6) is 0 Å². The van der Waals surface area contributed by atoms with Crippen molar-refractivity contribution >= 4 is 29.1 Å². The Hall–Kier alpha value is -1.89. The summed E-state index contributed by atoms with van der Waals surface area (Å²) in [5, 5.41) is 4.59. The molecular formula is C17H24N2O4S. The number of rotatable bonds is 6. The molecule has 0 spiro atoms. The Bertz CT molecular complexity index is 565. The summed E-state index contributed by atoms with van der Waals surface area (Å²) in [5.41, 5.74) is 0. The third kappa shape index (κ3) is 4.80. The summed E-state index contributed by atoms with van der Waals surface area (Å²) in [6, 6.07) is 3.66. The van der Waals surface area contributed by atoms with Gasteiger partial charge in [-0.15, -0.1) is 11.3 Å². The highest BCUT2D eigenvalue weighted by atomic mass is 32.1. The van der Waals surface area contributed by atoms with Gasteiger partial charge in [0.2, 0.25) is 0 Å². The van der Waals surface area contributed by atoms with Crippen LogP contribution in [0.2, 0.25) is 0 Å². The van der Waals surface area contributed by atoms with Crippen LogP contribution >= 0.6 is 11.3 Å². The molecule has 1 aliphatic heterocycles. The van der Waals surface area contributed by atoms with E-state index in [-0.39, 0.29) is 23.7 Å². The van der Waals surface area contributed by atoms with E-state index in [4.69, 9.17) is 4.74 Å². The first kappa shape index (κ1) is 18.4. The van der Waals surface area contributed by atoms with Crippen molar-refractivity contribution in [3.8, 4) is 0 Å². The number of hydrogen-bond donors (Lipinski definition) is 1. The smallest absolute Gasteiger partial charge is 0.309 e. The fraction of sp³-hybridized carbons (Fsp3) is 0.588. The van der Waals surface area contributed by atoms with Crippen LogP contribution in [0.4, 0.5) is 0 Å². The molecule has 1 saturated heterocycles. The van der Waals surface area contributed by atoms with Gasteiger partial charge in [0, 0.05) is 19.6 Å². The predicted octanol–water partition coefficient (Wildman–Crippen LogP) is 2.06. The monoisotopic (exact) mass is 352 g/mol. The van der Waals surface area contributed by atoms with Crippen molar-refractivity contribution in [1.82, 2.24) is 10.2 Å². The standard InChI is InChI=1S/C17H24N2O4S/c1-3-8-18-15(20)12(2)23-17(22)13-6-9-19(10-7-13)16(21)14-5-4-11-24-14/h4-5,11-13H,3,6-10H2,1-2H3,(H,18,20)/t12-/m0/s1. The predicted molar refractivity (Wildman–Crippen MR) is 91.8 cm³/mol. The quantitative estimate of drug-likeness (QED) is 0.795. The van der Waals surface area contributed by atoms with Gasteiger partial charge < -0.3 is 15.0 Å². The van der Waals surface area contributed by atoms with Gasteiger partial charge >= 0.3 is 5.97 Å². The van der Waals surface area contributed by atoms with Crippen LogP contribution in [-0.4, -0.2) is 48.4 Å². The maximum Gasteiger partial charge on any atom is 0.309 e. The van der Waals surface area contributed by atoms with Crippen LogP contribution in [0.25, 0.3) is 0 Å². The topological polar surface area (TPSA) is 75.7 Å². The number of nitrogens with one attached hydrogen (secondary N) is 1. The number of ether oxygens (including phenoxy) is 1. The minimum absolute atomic E-state index is 0.0177. The molecule has 0 aromatic carbocycles. The van der Waals surface area contributed by atoms with Crippen LogP contribution < -0.4 is 5.32 Å². The van der Waals surface area contributed by atoms with Gasteiger partial charge in [0.1, 0.15) is 0 Å². The van der Waals surface area contributed by atoms with Crippen molar-refractivity contribution in [3.05, 3.63) is 22.4 Å². The molecule has 1 aromatic heterocycles. The van der Waals surface area contributed by atoms with Crippen molar-refractivity contribution in [2.24, 2.45) is 5.92 Å². The molecule has 0 bridgehead atoms. The first-order valence-corrected chi connectivity index (χ1v) is 9.21. The zero-order valence-electron chi connectivity index (χ0n) is 14.1. The molecule has 2 rings (SSSR count). The number of piperidine rings is 1. The number of likely N-dealkylation sites (tertiary alicyclic amines) is 1. The Morgan fingerprint density at radius 2 is 2.08 bits per heavy atom. The zero-order valence-corrected chi connectivity index (χ0v) is 14.9. The minimum Gasteiger partial charge on any atom is -0.452 e. The summed E-state index contributed by atoms with van der Waals surface area (Å²) in [6.07, 6.45) is 1.19. The van der Waals surface area contributed by atoms with Gasteiger partial charge in [-0.1, -0.05) is 13.0 Å². The van der Waals surface area contributed by atoms with Gasteiger partial charge in [-0.25, -0.2) is 0 Å². The fourth-order valence-electron chi connectivity index (χ4n) is 2.59. The molecule has 7 heteroatoms. The van der Waals surface area contributed by atoms with Crippen molar-refractivity contribution in [2.75, 3.05) is 19.6 Å². The van der Waals surface area contributed by atoms with Gasteiger partial charge in [0.15, 0.2) is 6.10 Å². The molecule has 2 amide bonds. The normalized spacial score (nSPS) is 16.5. The van der Waals surface area contributed by atoms with E-state index in [1.54, 1.807) is 11.8 Å². The van der Waals surface area contributed by atoms with E-state index in [0.717, 1.165) is 11.3 Å². The molecule has 0 unspecified atom stereocenters. The van der Waals surface area contributed by atoms with Gasteiger partial charge in [-0.05, 0) is 37.6 Å². The van der Waals surface area contributed by atoms with Crippen LogP contribution in [0.1, 0.15) is 42.8 Å². The van der Waals surface area contributed by atoms with Crippen molar-refractivity contribution < 1.29 is 19.1 Å². The lowest BCUT2D eigenvalue weighted by atomic mass is 9.97. The molecule has 132 valence electrons. The second-order valence-corrected chi connectivity index (χ2v) is 6.86. The number of amides is 2. The Labute approximate surface area is 146 Å². The highest BCUT2D eigenvalue weighted by Crippen LogP contribution is 2.22. The first-order valence-electron chi connectivity index (χ1n) is 8.34. The van der Waals surface area contributed by atoms with E-state index < -0.39 is 6.10 Å². The van der Waals surface area contributed by atoms with E-state index in [9.17, 15) is 14.4 Å². The van der Waals surface area contributed by atoms with Crippen LogP contribution in [0.15, 0.2) is 17.5 Å². The maximum atomic E-state index is 12.3. The molecule has 6 nitrogen and oxygen atoms in total. The van der Waals surface area contributed by atoms with E-state index in [2.05, 4.69) is 5.32 Å². The molecule has 1 aromatic rings. The number of nitrogens with zero attached hydrogens (tertiary/aromatic N) is 1. The molecule has 0 aliphatic carbocycles. The molecule has 24 heavy (non-hydrogen) atoms. The second-order valence-electron chi connectivity index (χ2n) is 5.91. The summed E-state index contributed by atoms with van der Waals surface area (Å²) >= 11 is 1.42. The summed E-state index contributed by atoms with van der Waals surface area (Å²) in [7, 11) is 0. The Morgan fingerprint density at radius 1 is 1.38 bits per heavy atom. The minimum atomic E-state index is -0.783. The zero-order chi connectivity index (χ0) is 17.5. The van der Waals surface area contributed by atoms with Crippen LogP contribution in [0.3, 0.4) is 0 Å². The molecule has 1 aliphatic rings. The molecule has 0 saturated carbocycles. The Balaban J connectivity index is 1.78. The van der Waals surface area contributed by atoms with Gasteiger partial charge in [-0.2, -0.15) is 0 Å². The molecule has 0 radical (unpaired) electrons. The SMILES string of the molecule is CCCNC(=O)[C@H](C)OC(=O)C1CCN(C(=O)c2cccs2)CC1. The molecule has 2 heterocycles. The molecule has 1 atom stereocenters. The Kier molecular flexibility index (Phi) is 6.78. The summed E-state index contributed by atoms with van der Waals surface area (Å²) < 4.78 is 5.26. The van der Waals surface area contributed by atoms with Crippen molar-refractivity contribution in [1.29, 1.82) is 0 Å². The first-order chi connectivity index (χ1) is 11.5.